The minimum Gasteiger partial charge on any atom is -0.309 e. The Balaban J connectivity index is 2.15. The summed E-state index contributed by atoms with van der Waals surface area (Å²) in [7, 11) is 0. The van der Waals surface area contributed by atoms with E-state index in [1.165, 1.54) is 28.0 Å². The third-order valence-corrected chi connectivity index (χ3v) is 5.06. The summed E-state index contributed by atoms with van der Waals surface area (Å²) >= 11 is 1.90. The van der Waals surface area contributed by atoms with Crippen molar-refractivity contribution in [3.63, 3.8) is 0 Å². The summed E-state index contributed by atoms with van der Waals surface area (Å²) in [6.07, 6.45) is 4.50. The molecule has 2 aromatic rings. The molecule has 0 amide bonds. The summed E-state index contributed by atoms with van der Waals surface area (Å²) in [6.45, 7) is 7.77. The molecule has 1 nitrogen and oxygen atoms in total. The van der Waals surface area contributed by atoms with Crippen molar-refractivity contribution in [1.29, 1.82) is 0 Å². The van der Waals surface area contributed by atoms with Gasteiger partial charge in [-0.15, -0.1) is 11.3 Å². The van der Waals surface area contributed by atoms with E-state index in [1.807, 2.05) is 11.3 Å². The monoisotopic (exact) mass is 301 g/mol. The Bertz CT molecular complexity index is 527. The van der Waals surface area contributed by atoms with E-state index in [0.717, 1.165) is 25.8 Å². The highest BCUT2D eigenvalue weighted by molar-refractivity contribution is 7.10. The van der Waals surface area contributed by atoms with Crippen LogP contribution in [0.2, 0.25) is 0 Å². The molecule has 2 heteroatoms. The molecule has 0 aliphatic heterocycles. The molecule has 0 spiro atoms. The maximum Gasteiger partial charge on any atom is 0.0458 e. The summed E-state index contributed by atoms with van der Waals surface area (Å²) < 4.78 is 0. The molecule has 1 aromatic carbocycles. The van der Waals surface area contributed by atoms with Crippen molar-refractivity contribution in [3.8, 4) is 0 Å². The fraction of sp³-hybridized carbons (Fsp3) is 0.474. The smallest absolute Gasteiger partial charge is 0.0458 e. The van der Waals surface area contributed by atoms with E-state index in [2.05, 4.69) is 61.8 Å². The van der Waals surface area contributed by atoms with Crippen LogP contribution in [-0.4, -0.2) is 6.54 Å². The van der Waals surface area contributed by atoms with Gasteiger partial charge >= 0.3 is 0 Å². The molecule has 0 fully saturated rings. The van der Waals surface area contributed by atoms with Gasteiger partial charge in [0.1, 0.15) is 0 Å². The molecule has 0 radical (unpaired) electrons. The molecule has 2 rings (SSSR count). The van der Waals surface area contributed by atoms with Crippen molar-refractivity contribution >= 4 is 11.3 Å². The van der Waals surface area contributed by atoms with Crippen LogP contribution in [0.3, 0.4) is 0 Å². The molecular formula is C19H27NS. The summed E-state index contributed by atoms with van der Waals surface area (Å²) in [5.74, 6) is 0. The average molecular weight is 301 g/mol. The van der Waals surface area contributed by atoms with Crippen LogP contribution in [0.15, 0.2) is 35.7 Å². The number of hydrogen-bond donors (Lipinski definition) is 1. The number of benzene rings is 1. The minimum absolute atomic E-state index is 0.451. The second-order valence-corrected chi connectivity index (χ2v) is 6.49. The van der Waals surface area contributed by atoms with Gasteiger partial charge in [-0.1, -0.05) is 45.0 Å². The van der Waals surface area contributed by atoms with E-state index in [-0.39, 0.29) is 0 Å². The van der Waals surface area contributed by atoms with Crippen molar-refractivity contribution in [2.75, 3.05) is 6.54 Å². The number of hydrogen-bond acceptors (Lipinski definition) is 2. The number of rotatable bonds is 8. The van der Waals surface area contributed by atoms with Crippen LogP contribution in [0.5, 0.6) is 0 Å². The van der Waals surface area contributed by atoms with Gasteiger partial charge in [0.25, 0.3) is 0 Å². The lowest BCUT2D eigenvalue weighted by atomic mass is 10.00. The second kappa shape index (κ2) is 8.35. The van der Waals surface area contributed by atoms with Crippen LogP contribution >= 0.6 is 11.3 Å². The summed E-state index contributed by atoms with van der Waals surface area (Å²) in [5, 5.41) is 5.97. The Kier molecular flexibility index (Phi) is 6.47. The lowest BCUT2D eigenvalue weighted by Crippen LogP contribution is -2.24. The van der Waals surface area contributed by atoms with Crippen molar-refractivity contribution in [2.45, 2.75) is 52.5 Å². The van der Waals surface area contributed by atoms with E-state index in [0.29, 0.717) is 6.04 Å². The Morgan fingerprint density at radius 3 is 2.29 bits per heavy atom. The van der Waals surface area contributed by atoms with Crippen molar-refractivity contribution in [2.24, 2.45) is 0 Å². The van der Waals surface area contributed by atoms with Gasteiger partial charge in [-0.2, -0.15) is 0 Å². The minimum atomic E-state index is 0.451. The molecule has 0 aliphatic carbocycles. The Morgan fingerprint density at radius 1 is 0.952 bits per heavy atom. The first kappa shape index (κ1) is 16.3. The van der Waals surface area contributed by atoms with Crippen LogP contribution in [0.1, 0.15) is 54.8 Å². The zero-order valence-electron chi connectivity index (χ0n) is 13.5. The third-order valence-electron chi connectivity index (χ3n) is 3.99. The van der Waals surface area contributed by atoms with Gasteiger partial charge in [-0.05, 0) is 60.4 Å². The van der Waals surface area contributed by atoms with E-state index >= 15 is 0 Å². The first-order valence-corrected chi connectivity index (χ1v) is 9.03. The first-order valence-electron chi connectivity index (χ1n) is 8.15. The van der Waals surface area contributed by atoms with Crippen LogP contribution in [0, 0.1) is 0 Å². The quantitative estimate of drug-likeness (QED) is 0.710. The summed E-state index contributed by atoms with van der Waals surface area (Å²) in [6, 6.07) is 11.8. The second-order valence-electron chi connectivity index (χ2n) is 5.54. The normalized spacial score (nSPS) is 12.5. The number of thiophene rings is 1. The van der Waals surface area contributed by atoms with Gasteiger partial charge in [0.15, 0.2) is 0 Å². The largest absolute Gasteiger partial charge is 0.309 e. The van der Waals surface area contributed by atoms with Gasteiger partial charge in [0.2, 0.25) is 0 Å². The van der Waals surface area contributed by atoms with Gasteiger partial charge < -0.3 is 5.32 Å². The maximum atomic E-state index is 3.73. The maximum absolute atomic E-state index is 3.73. The molecule has 21 heavy (non-hydrogen) atoms. The lowest BCUT2D eigenvalue weighted by molar-refractivity contribution is 0.533. The number of aryl methyl sites for hydroxylation is 2. The van der Waals surface area contributed by atoms with Gasteiger partial charge in [-0.3, -0.25) is 0 Å². The summed E-state index contributed by atoms with van der Waals surface area (Å²) in [4.78, 5) is 1.52. The van der Waals surface area contributed by atoms with E-state index in [4.69, 9.17) is 0 Å². The molecule has 0 aliphatic rings. The Hall–Kier alpha value is -1.12. The Morgan fingerprint density at radius 2 is 1.67 bits per heavy atom. The van der Waals surface area contributed by atoms with Crippen LogP contribution in [-0.2, 0) is 19.3 Å². The fourth-order valence-corrected chi connectivity index (χ4v) is 3.74. The zero-order valence-corrected chi connectivity index (χ0v) is 14.3. The highest BCUT2D eigenvalue weighted by Crippen LogP contribution is 2.28. The first-order chi connectivity index (χ1) is 10.3. The molecule has 0 bridgehead atoms. The van der Waals surface area contributed by atoms with Crippen molar-refractivity contribution < 1.29 is 0 Å². The van der Waals surface area contributed by atoms with Crippen LogP contribution in [0.4, 0.5) is 0 Å². The van der Waals surface area contributed by atoms with Gasteiger partial charge in [0, 0.05) is 10.9 Å². The lowest BCUT2D eigenvalue weighted by Gasteiger charge is -2.19. The third kappa shape index (κ3) is 4.42. The average Bonchev–Trinajstić information content (AvgIpc) is 3.00. The summed E-state index contributed by atoms with van der Waals surface area (Å²) in [5.41, 5.74) is 4.34. The zero-order chi connectivity index (χ0) is 15.1. The number of nitrogens with one attached hydrogen (secondary N) is 1. The van der Waals surface area contributed by atoms with Crippen molar-refractivity contribution in [1.82, 2.24) is 5.32 Å². The van der Waals surface area contributed by atoms with E-state index < -0.39 is 0 Å². The van der Waals surface area contributed by atoms with Gasteiger partial charge in [-0.25, -0.2) is 0 Å². The molecule has 1 unspecified atom stereocenters. The molecular weight excluding hydrogens is 274 g/mol. The van der Waals surface area contributed by atoms with Gasteiger partial charge in [0.05, 0.1) is 0 Å². The molecule has 0 saturated carbocycles. The fourth-order valence-electron chi connectivity index (χ4n) is 2.67. The standard InChI is InChI=1S/C19H27NS/c1-4-12-20-18(19-17(6-3)11-13-21-19)14-16-9-7-15(5-2)8-10-16/h7-11,13,18,20H,4-6,12,14H2,1-3H3. The van der Waals surface area contributed by atoms with E-state index in [1.54, 1.807) is 0 Å². The predicted molar refractivity (Wildman–Crippen MR) is 94.3 cm³/mol. The molecule has 1 aromatic heterocycles. The van der Waals surface area contributed by atoms with Crippen LogP contribution in [0.25, 0.3) is 0 Å². The molecule has 1 N–H and O–H groups in total. The SMILES string of the molecule is CCCNC(Cc1ccc(CC)cc1)c1sccc1CC. The Labute approximate surface area is 133 Å². The molecule has 1 atom stereocenters. The predicted octanol–water partition coefficient (Wildman–Crippen LogP) is 5.16. The molecule has 1 heterocycles. The van der Waals surface area contributed by atoms with E-state index in [9.17, 15) is 0 Å². The molecule has 114 valence electrons. The van der Waals surface area contributed by atoms with Crippen LogP contribution < -0.4 is 5.32 Å². The highest BCUT2D eigenvalue weighted by atomic mass is 32.1. The molecule has 0 saturated heterocycles. The topological polar surface area (TPSA) is 12.0 Å². The van der Waals surface area contributed by atoms with Crippen molar-refractivity contribution in [3.05, 3.63) is 57.3 Å². The highest BCUT2D eigenvalue weighted by Gasteiger charge is 2.16.